The first-order valence-corrected chi connectivity index (χ1v) is 8.93. The van der Waals surface area contributed by atoms with E-state index in [1.165, 1.54) is 11.0 Å². The summed E-state index contributed by atoms with van der Waals surface area (Å²) in [5.74, 6) is 0.0964. The van der Waals surface area contributed by atoms with Gasteiger partial charge in [0.2, 0.25) is 0 Å². The summed E-state index contributed by atoms with van der Waals surface area (Å²) in [6.07, 6.45) is 0.366. The van der Waals surface area contributed by atoms with Gasteiger partial charge in [0.25, 0.3) is 5.91 Å². The molecule has 7 heteroatoms. The van der Waals surface area contributed by atoms with Crippen molar-refractivity contribution in [2.24, 2.45) is 10.7 Å². The van der Waals surface area contributed by atoms with E-state index in [-0.39, 0.29) is 16.9 Å². The number of hydrogen-bond acceptors (Lipinski definition) is 4. The van der Waals surface area contributed by atoms with Gasteiger partial charge in [-0.1, -0.05) is 23.7 Å². The first-order valence-electron chi connectivity index (χ1n) is 8.55. The Morgan fingerprint density at radius 3 is 2.52 bits per heavy atom. The zero-order valence-electron chi connectivity index (χ0n) is 15.2. The molecule has 1 atom stereocenters. The zero-order valence-corrected chi connectivity index (χ0v) is 16.0. The van der Waals surface area contributed by atoms with Crippen LogP contribution in [-0.2, 0) is 10.3 Å². The maximum absolute atomic E-state index is 13.5. The average molecular weight is 388 g/mol. The van der Waals surface area contributed by atoms with Gasteiger partial charge in [-0.15, -0.1) is 0 Å². The second-order valence-electron chi connectivity index (χ2n) is 7.57. The van der Waals surface area contributed by atoms with Crippen LogP contribution < -0.4 is 10.5 Å². The fraction of sp³-hybridized carbons (Fsp3) is 0.300. The number of amides is 1. The Bertz CT molecular complexity index is 1000. The third-order valence-electron chi connectivity index (χ3n) is 5.05. The lowest BCUT2D eigenvalue weighted by molar-refractivity contribution is -0.133. The van der Waals surface area contributed by atoms with Crippen molar-refractivity contribution in [2.45, 2.75) is 31.4 Å². The summed E-state index contributed by atoms with van der Waals surface area (Å²) in [6, 6.07) is 10.0. The van der Waals surface area contributed by atoms with Crippen LogP contribution in [0.5, 0.6) is 5.75 Å². The van der Waals surface area contributed by atoms with Crippen molar-refractivity contribution in [2.75, 3.05) is 7.05 Å². The molecule has 2 N–H and O–H groups in total. The number of benzene rings is 2. The molecule has 0 saturated carbocycles. The number of likely N-dealkylation sites (N-methyl/N-ethyl adjacent to an activating group) is 1. The highest BCUT2D eigenvalue weighted by Gasteiger charge is 2.55. The molecular formula is C20H19ClFN3O2. The Morgan fingerprint density at radius 2 is 1.89 bits per heavy atom. The molecule has 0 aromatic heterocycles. The Hall–Kier alpha value is -2.60. The molecule has 2 aliphatic rings. The molecule has 27 heavy (non-hydrogen) atoms. The molecule has 2 aromatic carbocycles. The van der Waals surface area contributed by atoms with E-state index in [0.29, 0.717) is 17.7 Å². The molecule has 0 aliphatic carbocycles. The van der Waals surface area contributed by atoms with E-state index in [4.69, 9.17) is 22.1 Å². The second-order valence-corrected chi connectivity index (χ2v) is 7.98. The number of guanidine groups is 1. The highest BCUT2D eigenvalue weighted by molar-refractivity contribution is 6.31. The van der Waals surface area contributed by atoms with Gasteiger partial charge >= 0.3 is 0 Å². The minimum Gasteiger partial charge on any atom is -0.487 e. The number of aliphatic imine (C=N–C) groups is 1. The van der Waals surface area contributed by atoms with E-state index in [1.807, 2.05) is 32.0 Å². The lowest BCUT2D eigenvalue weighted by atomic mass is 9.77. The summed E-state index contributed by atoms with van der Waals surface area (Å²) >= 11 is 5.93. The molecule has 2 aromatic rings. The van der Waals surface area contributed by atoms with Crippen LogP contribution in [0.3, 0.4) is 0 Å². The summed E-state index contributed by atoms with van der Waals surface area (Å²) in [5, 5.41) is 0.0382. The summed E-state index contributed by atoms with van der Waals surface area (Å²) in [4.78, 5) is 19.0. The Kier molecular flexibility index (Phi) is 3.75. The molecule has 4 rings (SSSR count). The summed E-state index contributed by atoms with van der Waals surface area (Å²) in [7, 11) is 1.61. The van der Waals surface area contributed by atoms with Gasteiger partial charge in [0, 0.05) is 19.0 Å². The lowest BCUT2D eigenvalue weighted by Gasteiger charge is -2.41. The highest BCUT2D eigenvalue weighted by Crippen LogP contribution is 2.49. The van der Waals surface area contributed by atoms with Crippen molar-refractivity contribution in [3.8, 4) is 16.9 Å². The number of nitrogens with zero attached hydrogens (tertiary/aromatic N) is 2. The predicted octanol–water partition coefficient (Wildman–Crippen LogP) is 3.69. The molecule has 1 amide bonds. The Balaban J connectivity index is 1.92. The van der Waals surface area contributed by atoms with Crippen LogP contribution in [0.15, 0.2) is 41.4 Å². The molecule has 5 nitrogen and oxygen atoms in total. The largest absolute Gasteiger partial charge is 0.487 e. The van der Waals surface area contributed by atoms with Crippen LogP contribution in [0.25, 0.3) is 11.1 Å². The SMILES string of the molecule is CN1C(=O)C2(CC(C)(C)Oc3ccc(-c4ccc(F)c(Cl)c4)cc32)N=C1N. The van der Waals surface area contributed by atoms with Gasteiger partial charge in [-0.2, -0.15) is 0 Å². The minimum absolute atomic E-state index is 0.0382. The second kappa shape index (κ2) is 5.70. The highest BCUT2D eigenvalue weighted by atomic mass is 35.5. The normalized spacial score (nSPS) is 23.2. The van der Waals surface area contributed by atoms with Crippen molar-refractivity contribution in [3.63, 3.8) is 0 Å². The molecular weight excluding hydrogens is 369 g/mol. The van der Waals surface area contributed by atoms with Gasteiger partial charge in [-0.25, -0.2) is 9.38 Å². The maximum Gasteiger partial charge on any atom is 0.261 e. The fourth-order valence-corrected chi connectivity index (χ4v) is 4.01. The quantitative estimate of drug-likeness (QED) is 0.811. The standard InChI is InChI=1S/C20H19ClFN3O2/c1-19(2)10-20(17(26)25(3)18(23)24-20)13-8-11(5-7-16(13)27-19)12-4-6-15(22)14(21)9-12/h4-9H,10H2,1-3H3,(H2,23,24). The van der Waals surface area contributed by atoms with Crippen LogP contribution >= 0.6 is 11.6 Å². The molecule has 1 spiro atoms. The monoisotopic (exact) mass is 387 g/mol. The van der Waals surface area contributed by atoms with E-state index in [2.05, 4.69) is 4.99 Å². The maximum atomic E-state index is 13.5. The van der Waals surface area contributed by atoms with Crippen LogP contribution in [0.2, 0.25) is 5.02 Å². The van der Waals surface area contributed by atoms with Gasteiger partial charge in [-0.3, -0.25) is 9.69 Å². The third-order valence-corrected chi connectivity index (χ3v) is 5.34. The molecule has 1 unspecified atom stereocenters. The topological polar surface area (TPSA) is 67.9 Å². The molecule has 140 valence electrons. The van der Waals surface area contributed by atoms with Crippen molar-refractivity contribution in [1.29, 1.82) is 0 Å². The van der Waals surface area contributed by atoms with Gasteiger partial charge in [-0.05, 0) is 49.2 Å². The van der Waals surface area contributed by atoms with Crippen LogP contribution in [-0.4, -0.2) is 29.4 Å². The third kappa shape index (κ3) is 2.67. The first-order chi connectivity index (χ1) is 12.6. The van der Waals surface area contributed by atoms with Crippen molar-refractivity contribution < 1.29 is 13.9 Å². The Morgan fingerprint density at radius 1 is 1.22 bits per heavy atom. The van der Waals surface area contributed by atoms with E-state index in [1.54, 1.807) is 19.2 Å². The van der Waals surface area contributed by atoms with E-state index < -0.39 is 17.0 Å². The molecule has 2 heterocycles. The summed E-state index contributed by atoms with van der Waals surface area (Å²) in [5.41, 5.74) is 6.42. The molecule has 0 radical (unpaired) electrons. The predicted molar refractivity (Wildman–Crippen MR) is 102 cm³/mol. The Labute approximate surface area is 161 Å². The zero-order chi connectivity index (χ0) is 19.6. The molecule has 0 fully saturated rings. The van der Waals surface area contributed by atoms with E-state index in [9.17, 15) is 9.18 Å². The van der Waals surface area contributed by atoms with Gasteiger partial charge in [0.05, 0.1) is 5.02 Å². The first kappa shape index (κ1) is 17.8. The van der Waals surface area contributed by atoms with Gasteiger partial charge < -0.3 is 10.5 Å². The summed E-state index contributed by atoms with van der Waals surface area (Å²) in [6.45, 7) is 3.84. The number of hydrogen-bond donors (Lipinski definition) is 1. The van der Waals surface area contributed by atoms with Crippen molar-refractivity contribution in [1.82, 2.24) is 4.90 Å². The number of carbonyl (C=O) groups is 1. The van der Waals surface area contributed by atoms with Gasteiger partial charge in [0.1, 0.15) is 17.2 Å². The molecule has 2 aliphatic heterocycles. The minimum atomic E-state index is -1.13. The van der Waals surface area contributed by atoms with Crippen molar-refractivity contribution >= 4 is 23.5 Å². The number of rotatable bonds is 1. The van der Waals surface area contributed by atoms with E-state index in [0.717, 1.165) is 11.1 Å². The molecule has 0 bridgehead atoms. The number of fused-ring (bicyclic) bond motifs is 2. The van der Waals surface area contributed by atoms with Crippen LogP contribution in [0.4, 0.5) is 4.39 Å². The number of carbonyl (C=O) groups excluding carboxylic acids is 1. The van der Waals surface area contributed by atoms with Crippen LogP contribution in [0, 0.1) is 5.82 Å². The fourth-order valence-electron chi connectivity index (χ4n) is 3.83. The number of nitrogens with two attached hydrogens (primary N) is 1. The average Bonchev–Trinajstić information content (AvgIpc) is 2.80. The van der Waals surface area contributed by atoms with Gasteiger partial charge in [0.15, 0.2) is 11.5 Å². The van der Waals surface area contributed by atoms with Crippen molar-refractivity contribution in [3.05, 3.63) is 52.8 Å². The molecule has 0 saturated heterocycles. The van der Waals surface area contributed by atoms with Crippen LogP contribution in [0.1, 0.15) is 25.8 Å². The van der Waals surface area contributed by atoms with E-state index >= 15 is 0 Å². The lowest BCUT2D eigenvalue weighted by Crippen LogP contribution is -2.49. The number of ether oxygens (including phenoxy) is 1. The smallest absolute Gasteiger partial charge is 0.261 e. The number of halogens is 2. The summed E-state index contributed by atoms with van der Waals surface area (Å²) < 4.78 is 19.6.